The Labute approximate surface area is 163 Å². The van der Waals surface area contributed by atoms with E-state index in [9.17, 15) is 14.0 Å². The zero-order chi connectivity index (χ0) is 19.8. The maximum absolute atomic E-state index is 13.8. The van der Waals surface area contributed by atoms with Crippen LogP contribution in [0.2, 0.25) is 0 Å². The number of aryl methyl sites for hydroxylation is 1. The number of amides is 1. The molecule has 6 heteroatoms. The van der Waals surface area contributed by atoms with Crippen LogP contribution in [-0.4, -0.2) is 47.5 Å². The Bertz CT molecular complexity index is 1060. The van der Waals surface area contributed by atoms with Crippen molar-refractivity contribution in [3.63, 3.8) is 0 Å². The Hall–Kier alpha value is -3.15. The lowest BCUT2D eigenvalue weighted by Crippen LogP contribution is -2.48. The maximum atomic E-state index is 13.8. The number of carbonyl (C=O) groups is 2. The van der Waals surface area contributed by atoms with Gasteiger partial charge in [0, 0.05) is 50.4 Å². The van der Waals surface area contributed by atoms with Crippen LogP contribution in [0.5, 0.6) is 0 Å². The number of aromatic nitrogens is 1. The van der Waals surface area contributed by atoms with Gasteiger partial charge in [-0.3, -0.25) is 14.2 Å². The van der Waals surface area contributed by atoms with E-state index in [4.69, 9.17) is 0 Å². The van der Waals surface area contributed by atoms with Crippen LogP contribution in [0.1, 0.15) is 27.6 Å². The largest absolute Gasteiger partial charge is 0.368 e. The molecule has 1 amide bonds. The van der Waals surface area contributed by atoms with Gasteiger partial charge in [0.1, 0.15) is 5.82 Å². The van der Waals surface area contributed by atoms with Crippen LogP contribution in [0, 0.1) is 12.7 Å². The molecule has 1 aromatic heterocycles. The summed E-state index contributed by atoms with van der Waals surface area (Å²) in [6.45, 7) is 6.11. The van der Waals surface area contributed by atoms with Crippen LogP contribution in [-0.2, 0) is 0 Å². The molecule has 4 rings (SSSR count). The van der Waals surface area contributed by atoms with Crippen molar-refractivity contribution in [2.75, 3.05) is 31.1 Å². The predicted molar refractivity (Wildman–Crippen MR) is 107 cm³/mol. The van der Waals surface area contributed by atoms with Crippen molar-refractivity contribution < 1.29 is 14.0 Å². The molecule has 2 heterocycles. The number of fused-ring (bicyclic) bond motifs is 1. The highest BCUT2D eigenvalue weighted by Crippen LogP contribution is 2.25. The SMILES string of the molecule is CC(=O)n1cc(C(=O)N2CCN(c3cccc(C)c3)CC2)c2cc(F)ccc21. The molecule has 1 fully saturated rings. The molecule has 0 aliphatic carbocycles. The summed E-state index contributed by atoms with van der Waals surface area (Å²) in [5.74, 6) is -0.800. The third-order valence-electron chi connectivity index (χ3n) is 5.27. The monoisotopic (exact) mass is 379 g/mol. The van der Waals surface area contributed by atoms with Gasteiger partial charge in [0.2, 0.25) is 5.91 Å². The first-order valence-electron chi connectivity index (χ1n) is 9.36. The fourth-order valence-corrected chi connectivity index (χ4v) is 3.80. The van der Waals surface area contributed by atoms with Gasteiger partial charge in [0.25, 0.3) is 5.91 Å². The number of hydrogen-bond donors (Lipinski definition) is 0. The summed E-state index contributed by atoms with van der Waals surface area (Å²) in [7, 11) is 0. The Morgan fingerprint density at radius 1 is 1.00 bits per heavy atom. The fraction of sp³-hybridized carbons (Fsp3) is 0.273. The third-order valence-corrected chi connectivity index (χ3v) is 5.27. The second-order valence-corrected chi connectivity index (χ2v) is 7.21. The van der Waals surface area contributed by atoms with Crippen molar-refractivity contribution in [1.82, 2.24) is 9.47 Å². The van der Waals surface area contributed by atoms with Crippen molar-refractivity contribution in [3.05, 3.63) is 65.6 Å². The first kappa shape index (κ1) is 18.2. The van der Waals surface area contributed by atoms with Gasteiger partial charge in [0.15, 0.2) is 0 Å². The Morgan fingerprint density at radius 3 is 2.43 bits per heavy atom. The molecule has 0 bridgehead atoms. The summed E-state index contributed by atoms with van der Waals surface area (Å²) < 4.78 is 15.2. The first-order chi connectivity index (χ1) is 13.4. The van der Waals surface area contributed by atoms with Crippen LogP contribution in [0.25, 0.3) is 10.9 Å². The minimum absolute atomic E-state index is 0.167. The van der Waals surface area contributed by atoms with E-state index in [-0.39, 0.29) is 11.8 Å². The van der Waals surface area contributed by atoms with E-state index in [1.165, 1.54) is 35.4 Å². The molecule has 3 aromatic rings. The van der Waals surface area contributed by atoms with Crippen LogP contribution in [0.3, 0.4) is 0 Å². The molecule has 1 aliphatic rings. The standard InChI is InChI=1S/C22H22FN3O2/c1-15-4-3-5-18(12-15)24-8-10-25(11-9-24)22(28)20-14-26(16(2)27)21-7-6-17(23)13-19(20)21/h3-7,12-14H,8-11H2,1-2H3. The highest BCUT2D eigenvalue weighted by Gasteiger charge is 2.26. The second kappa shape index (κ2) is 7.11. The van der Waals surface area contributed by atoms with Gasteiger partial charge >= 0.3 is 0 Å². The van der Waals surface area contributed by atoms with Crippen LogP contribution >= 0.6 is 0 Å². The molecule has 2 aromatic carbocycles. The number of carbonyl (C=O) groups excluding carboxylic acids is 2. The molecule has 28 heavy (non-hydrogen) atoms. The van der Waals surface area contributed by atoms with Gasteiger partial charge in [-0.05, 0) is 42.8 Å². The fourth-order valence-electron chi connectivity index (χ4n) is 3.80. The summed E-state index contributed by atoms with van der Waals surface area (Å²) in [6, 6.07) is 12.5. The molecule has 1 aliphatic heterocycles. The van der Waals surface area contributed by atoms with E-state index in [0.29, 0.717) is 29.6 Å². The quantitative estimate of drug-likeness (QED) is 0.682. The number of benzene rings is 2. The molecule has 0 atom stereocenters. The lowest BCUT2D eigenvalue weighted by atomic mass is 10.1. The van der Waals surface area contributed by atoms with Gasteiger partial charge in [-0.2, -0.15) is 0 Å². The average Bonchev–Trinajstić information content (AvgIpc) is 3.06. The van der Waals surface area contributed by atoms with E-state index in [2.05, 4.69) is 30.0 Å². The zero-order valence-electron chi connectivity index (χ0n) is 16.0. The predicted octanol–water partition coefficient (Wildman–Crippen LogP) is 3.71. The topological polar surface area (TPSA) is 45.6 Å². The summed E-state index contributed by atoms with van der Waals surface area (Å²) in [6.07, 6.45) is 1.53. The summed E-state index contributed by atoms with van der Waals surface area (Å²) in [5.41, 5.74) is 3.28. The molecular weight excluding hydrogens is 357 g/mol. The molecule has 0 saturated carbocycles. The van der Waals surface area contributed by atoms with Gasteiger partial charge in [0.05, 0.1) is 11.1 Å². The Morgan fingerprint density at radius 2 is 1.75 bits per heavy atom. The van der Waals surface area contributed by atoms with E-state index < -0.39 is 5.82 Å². The number of anilines is 1. The highest BCUT2D eigenvalue weighted by atomic mass is 19.1. The van der Waals surface area contributed by atoms with Crippen molar-refractivity contribution in [2.45, 2.75) is 13.8 Å². The lowest BCUT2D eigenvalue weighted by Gasteiger charge is -2.36. The number of nitrogens with zero attached hydrogens (tertiary/aromatic N) is 3. The highest BCUT2D eigenvalue weighted by molar-refractivity contribution is 6.09. The molecule has 5 nitrogen and oxygen atoms in total. The van der Waals surface area contributed by atoms with Crippen molar-refractivity contribution in [3.8, 4) is 0 Å². The molecule has 1 saturated heterocycles. The van der Waals surface area contributed by atoms with Crippen molar-refractivity contribution >= 4 is 28.4 Å². The van der Waals surface area contributed by atoms with Gasteiger partial charge in [-0.15, -0.1) is 0 Å². The Balaban J connectivity index is 1.58. The summed E-state index contributed by atoms with van der Waals surface area (Å²) in [4.78, 5) is 29.1. The average molecular weight is 379 g/mol. The molecule has 144 valence electrons. The number of halogens is 1. The normalized spacial score (nSPS) is 14.5. The lowest BCUT2D eigenvalue weighted by molar-refractivity contribution is 0.0748. The van der Waals surface area contributed by atoms with E-state index in [1.54, 1.807) is 11.0 Å². The number of rotatable bonds is 2. The molecule has 0 unspecified atom stereocenters. The van der Waals surface area contributed by atoms with Crippen molar-refractivity contribution in [1.29, 1.82) is 0 Å². The molecule has 0 radical (unpaired) electrons. The minimum Gasteiger partial charge on any atom is -0.368 e. The molecule has 0 spiro atoms. The van der Waals surface area contributed by atoms with Crippen LogP contribution in [0.4, 0.5) is 10.1 Å². The van der Waals surface area contributed by atoms with E-state index >= 15 is 0 Å². The second-order valence-electron chi connectivity index (χ2n) is 7.21. The molecular formula is C22H22FN3O2. The van der Waals surface area contributed by atoms with E-state index in [0.717, 1.165) is 18.8 Å². The molecule has 0 N–H and O–H groups in total. The van der Waals surface area contributed by atoms with Crippen LogP contribution < -0.4 is 4.90 Å². The number of piperazine rings is 1. The third kappa shape index (κ3) is 3.26. The zero-order valence-corrected chi connectivity index (χ0v) is 16.0. The maximum Gasteiger partial charge on any atom is 0.256 e. The van der Waals surface area contributed by atoms with Crippen molar-refractivity contribution in [2.24, 2.45) is 0 Å². The smallest absolute Gasteiger partial charge is 0.256 e. The number of hydrogen-bond acceptors (Lipinski definition) is 3. The Kier molecular flexibility index (Phi) is 4.63. The van der Waals surface area contributed by atoms with Gasteiger partial charge < -0.3 is 9.80 Å². The van der Waals surface area contributed by atoms with Gasteiger partial charge in [-0.25, -0.2) is 4.39 Å². The summed E-state index contributed by atoms with van der Waals surface area (Å²) in [5, 5.41) is 0.473. The first-order valence-corrected chi connectivity index (χ1v) is 9.36. The van der Waals surface area contributed by atoms with Gasteiger partial charge in [-0.1, -0.05) is 12.1 Å². The minimum atomic E-state index is -0.424. The summed E-state index contributed by atoms with van der Waals surface area (Å²) >= 11 is 0. The van der Waals surface area contributed by atoms with E-state index in [1.807, 2.05) is 6.07 Å². The van der Waals surface area contributed by atoms with Crippen LogP contribution in [0.15, 0.2) is 48.7 Å².